The Balaban J connectivity index is 1.94. The fourth-order valence-electron chi connectivity index (χ4n) is 3.57. The fraction of sp³-hybridized carbons (Fsp3) is 0.160. The van der Waals surface area contributed by atoms with Crippen LogP contribution in [0.4, 0.5) is 4.39 Å². The zero-order valence-corrected chi connectivity index (χ0v) is 17.8. The number of aromatic carboxylic acids is 1. The predicted octanol–water partition coefficient (Wildman–Crippen LogP) is 6.06. The molecule has 2 N–H and O–H groups in total. The van der Waals surface area contributed by atoms with E-state index in [-0.39, 0.29) is 29.1 Å². The van der Waals surface area contributed by atoms with Crippen molar-refractivity contribution in [3.05, 3.63) is 77.5 Å². The first-order valence-corrected chi connectivity index (χ1v) is 10.0. The number of hydrogen-bond donors (Lipinski definition) is 2. The van der Waals surface area contributed by atoms with Gasteiger partial charge in [0.15, 0.2) is 0 Å². The third-order valence-electron chi connectivity index (χ3n) is 5.14. The first kappa shape index (κ1) is 21.2. The molecule has 162 valence electrons. The Bertz CT molecular complexity index is 1330. The maximum absolute atomic E-state index is 13.9. The van der Waals surface area contributed by atoms with Gasteiger partial charge >= 0.3 is 5.97 Å². The molecule has 0 unspecified atom stereocenters. The van der Waals surface area contributed by atoms with Crippen molar-refractivity contribution in [1.82, 2.24) is 9.97 Å². The van der Waals surface area contributed by atoms with Crippen molar-refractivity contribution in [3.63, 3.8) is 0 Å². The Hall–Kier alpha value is -4.00. The van der Waals surface area contributed by atoms with Gasteiger partial charge in [-0.25, -0.2) is 19.2 Å². The topological polar surface area (TPSA) is 92.5 Å². The summed E-state index contributed by atoms with van der Waals surface area (Å²) in [6.07, 6.45) is 1.31. The van der Waals surface area contributed by atoms with E-state index >= 15 is 0 Å². The van der Waals surface area contributed by atoms with Gasteiger partial charge in [0.1, 0.15) is 23.0 Å². The Morgan fingerprint density at radius 3 is 2.47 bits per heavy atom. The van der Waals surface area contributed by atoms with Crippen LogP contribution in [0, 0.1) is 12.7 Å². The summed E-state index contributed by atoms with van der Waals surface area (Å²) < 4.78 is 19.9. The van der Waals surface area contributed by atoms with Crippen molar-refractivity contribution in [2.24, 2.45) is 0 Å². The number of phenolic OH excluding ortho intramolecular Hbond substituents is 1. The van der Waals surface area contributed by atoms with E-state index in [2.05, 4.69) is 4.98 Å². The van der Waals surface area contributed by atoms with E-state index in [0.717, 1.165) is 22.2 Å². The molecule has 0 aliphatic carbocycles. The van der Waals surface area contributed by atoms with E-state index in [4.69, 9.17) is 14.8 Å². The summed E-state index contributed by atoms with van der Waals surface area (Å²) in [6, 6.07) is 12.7. The van der Waals surface area contributed by atoms with Gasteiger partial charge in [-0.15, -0.1) is 0 Å². The SMILES string of the molecule is Cc1cc(-c2c(C(C)C)nc(Oc3ccc(C(=O)O)nc3)c3cc(O)ccc23)ccc1F. The summed E-state index contributed by atoms with van der Waals surface area (Å²) in [6.45, 7) is 5.71. The quantitative estimate of drug-likeness (QED) is 0.398. The minimum absolute atomic E-state index is 0.0171. The van der Waals surface area contributed by atoms with Crippen molar-refractivity contribution in [1.29, 1.82) is 0 Å². The molecule has 0 saturated carbocycles. The van der Waals surface area contributed by atoms with Crippen LogP contribution in [-0.4, -0.2) is 26.2 Å². The molecule has 32 heavy (non-hydrogen) atoms. The maximum atomic E-state index is 13.9. The van der Waals surface area contributed by atoms with Gasteiger partial charge in [0, 0.05) is 10.9 Å². The Morgan fingerprint density at radius 1 is 1.06 bits per heavy atom. The Kier molecular flexibility index (Phi) is 5.48. The number of rotatable bonds is 5. The van der Waals surface area contributed by atoms with Gasteiger partial charge in [-0.2, -0.15) is 0 Å². The number of fused-ring (bicyclic) bond motifs is 1. The number of carboxylic acid groups (broad SMARTS) is 1. The highest BCUT2D eigenvalue weighted by molar-refractivity contribution is 6.01. The van der Waals surface area contributed by atoms with Gasteiger partial charge in [-0.05, 0) is 71.8 Å². The van der Waals surface area contributed by atoms with Crippen LogP contribution < -0.4 is 4.74 Å². The summed E-state index contributed by atoms with van der Waals surface area (Å²) in [5, 5.41) is 20.5. The zero-order valence-electron chi connectivity index (χ0n) is 17.8. The lowest BCUT2D eigenvalue weighted by atomic mass is 9.92. The highest BCUT2D eigenvalue weighted by atomic mass is 19.1. The second-order valence-corrected chi connectivity index (χ2v) is 7.81. The van der Waals surface area contributed by atoms with Gasteiger partial charge in [-0.1, -0.05) is 19.9 Å². The van der Waals surface area contributed by atoms with E-state index in [1.165, 1.54) is 24.4 Å². The van der Waals surface area contributed by atoms with Crippen molar-refractivity contribution < 1.29 is 24.1 Å². The summed E-state index contributed by atoms with van der Waals surface area (Å²) in [5.41, 5.74) is 2.82. The van der Waals surface area contributed by atoms with Gasteiger partial charge in [0.05, 0.1) is 11.9 Å². The molecule has 0 aliphatic rings. The molecular weight excluding hydrogens is 411 g/mol. The minimum atomic E-state index is -1.13. The molecular formula is C25H21FN2O4. The van der Waals surface area contributed by atoms with E-state index in [9.17, 15) is 14.3 Å². The fourth-order valence-corrected chi connectivity index (χ4v) is 3.57. The predicted molar refractivity (Wildman–Crippen MR) is 119 cm³/mol. The number of aryl methyl sites for hydroxylation is 1. The maximum Gasteiger partial charge on any atom is 0.354 e. The molecule has 6 nitrogen and oxygen atoms in total. The number of pyridine rings is 2. The second kappa shape index (κ2) is 8.26. The third-order valence-corrected chi connectivity index (χ3v) is 5.14. The largest absolute Gasteiger partial charge is 0.508 e. The van der Waals surface area contributed by atoms with Crippen LogP contribution in [0.3, 0.4) is 0 Å². The van der Waals surface area contributed by atoms with E-state index in [1.807, 2.05) is 13.8 Å². The normalized spacial score (nSPS) is 11.2. The first-order valence-electron chi connectivity index (χ1n) is 10.0. The van der Waals surface area contributed by atoms with Crippen molar-refractivity contribution in [3.8, 4) is 28.5 Å². The Labute approximate surface area is 184 Å². The molecule has 0 radical (unpaired) electrons. The van der Waals surface area contributed by atoms with Crippen molar-refractivity contribution in [2.75, 3.05) is 0 Å². The molecule has 0 aliphatic heterocycles. The minimum Gasteiger partial charge on any atom is -0.508 e. The summed E-state index contributed by atoms with van der Waals surface area (Å²) in [4.78, 5) is 19.7. The number of hydrogen-bond acceptors (Lipinski definition) is 5. The van der Waals surface area contributed by atoms with Crippen molar-refractivity contribution >= 4 is 16.7 Å². The number of phenols is 1. The van der Waals surface area contributed by atoms with Gasteiger partial charge in [-0.3, -0.25) is 0 Å². The number of aromatic hydroxyl groups is 1. The molecule has 0 saturated heterocycles. The summed E-state index contributed by atoms with van der Waals surface area (Å²) in [7, 11) is 0. The number of benzene rings is 2. The van der Waals surface area contributed by atoms with Gasteiger partial charge < -0.3 is 14.9 Å². The van der Waals surface area contributed by atoms with Crippen LogP contribution >= 0.6 is 0 Å². The van der Waals surface area contributed by atoms with E-state index < -0.39 is 5.97 Å². The standard InChI is InChI=1S/C25H21FN2O4/c1-13(2)23-22(15-4-8-20(26)14(3)10-15)18-7-5-16(29)11-19(18)24(28-23)32-17-6-9-21(25(30)31)27-12-17/h4-13,29H,1-3H3,(H,30,31). The third kappa shape index (κ3) is 3.97. The molecule has 2 aromatic carbocycles. The smallest absolute Gasteiger partial charge is 0.354 e. The van der Waals surface area contributed by atoms with Crippen LogP contribution in [0.1, 0.15) is 41.5 Å². The van der Waals surface area contributed by atoms with Crippen LogP contribution in [0.5, 0.6) is 17.4 Å². The molecule has 0 fully saturated rings. The van der Waals surface area contributed by atoms with Crippen LogP contribution in [0.15, 0.2) is 54.7 Å². The highest BCUT2D eigenvalue weighted by Gasteiger charge is 2.20. The number of nitrogens with zero attached hydrogens (tertiary/aromatic N) is 2. The number of carbonyl (C=O) groups is 1. The lowest BCUT2D eigenvalue weighted by Crippen LogP contribution is -2.03. The first-order chi connectivity index (χ1) is 15.2. The van der Waals surface area contributed by atoms with Gasteiger partial charge in [0.2, 0.25) is 5.88 Å². The highest BCUT2D eigenvalue weighted by Crippen LogP contribution is 2.41. The number of ether oxygens (including phenoxy) is 1. The molecule has 0 amide bonds. The average molecular weight is 432 g/mol. The lowest BCUT2D eigenvalue weighted by Gasteiger charge is -2.19. The molecule has 4 aromatic rings. The number of carboxylic acids is 1. The monoisotopic (exact) mass is 432 g/mol. The van der Waals surface area contributed by atoms with Crippen LogP contribution in [0.25, 0.3) is 21.9 Å². The molecule has 0 atom stereocenters. The number of aromatic nitrogens is 2. The molecule has 2 aromatic heterocycles. The molecule has 0 spiro atoms. The summed E-state index contributed by atoms with van der Waals surface area (Å²) in [5.74, 6) is -0.789. The molecule has 0 bridgehead atoms. The Morgan fingerprint density at radius 2 is 1.84 bits per heavy atom. The number of halogens is 1. The lowest BCUT2D eigenvalue weighted by molar-refractivity contribution is 0.0690. The zero-order chi connectivity index (χ0) is 23.0. The summed E-state index contributed by atoms with van der Waals surface area (Å²) >= 11 is 0. The average Bonchev–Trinajstić information content (AvgIpc) is 2.76. The molecule has 4 rings (SSSR count). The second-order valence-electron chi connectivity index (χ2n) is 7.81. The van der Waals surface area contributed by atoms with Crippen LogP contribution in [-0.2, 0) is 0 Å². The van der Waals surface area contributed by atoms with E-state index in [1.54, 1.807) is 37.3 Å². The molecule has 2 heterocycles. The van der Waals surface area contributed by atoms with E-state index in [0.29, 0.717) is 16.7 Å². The van der Waals surface area contributed by atoms with Crippen LogP contribution in [0.2, 0.25) is 0 Å². The van der Waals surface area contributed by atoms with Crippen molar-refractivity contribution in [2.45, 2.75) is 26.7 Å². The molecule has 7 heteroatoms. The van der Waals surface area contributed by atoms with Gasteiger partial charge in [0.25, 0.3) is 0 Å².